The predicted octanol–water partition coefficient (Wildman–Crippen LogP) is 2.91. The van der Waals surface area contributed by atoms with E-state index in [2.05, 4.69) is 20.9 Å². The van der Waals surface area contributed by atoms with Gasteiger partial charge in [0.05, 0.1) is 17.6 Å². The minimum absolute atomic E-state index is 0.00357. The predicted molar refractivity (Wildman–Crippen MR) is 110 cm³/mol. The molecule has 1 saturated heterocycles. The van der Waals surface area contributed by atoms with Crippen molar-refractivity contribution in [3.05, 3.63) is 77.4 Å². The number of aromatic nitrogens is 2. The van der Waals surface area contributed by atoms with E-state index in [-0.39, 0.29) is 11.9 Å². The van der Waals surface area contributed by atoms with Crippen LogP contribution in [0.15, 0.2) is 55.0 Å². The maximum Gasteiger partial charge on any atom is 0.254 e. The summed E-state index contributed by atoms with van der Waals surface area (Å²) in [6.07, 6.45) is 4.59. The molecule has 0 spiro atoms. The molecule has 1 N–H and O–H groups in total. The Balaban J connectivity index is 1.57. The molecule has 1 atom stereocenters. The molecule has 7 heteroatoms. The summed E-state index contributed by atoms with van der Waals surface area (Å²) in [5.41, 5.74) is 3.12. The summed E-state index contributed by atoms with van der Waals surface area (Å²) >= 11 is 0. The standard InChI is InChI=1S/C23H21N5O2/c24-10-18-5-4-16-8-22(18)30-21-3-1-2-17(9-21)23(29)27-7-6-19(14-27)26-12-20-11-25-15-28(20)13-16/h1-5,8-9,11,15,19,26H,6-7,12-14H2/t19-/m1/s1. The molecule has 7 nitrogen and oxygen atoms in total. The fourth-order valence-corrected chi connectivity index (χ4v) is 4.04. The lowest BCUT2D eigenvalue weighted by molar-refractivity contribution is 0.0789. The van der Waals surface area contributed by atoms with Crippen LogP contribution in [-0.4, -0.2) is 39.5 Å². The average molecular weight is 399 g/mol. The minimum Gasteiger partial charge on any atom is -0.456 e. The summed E-state index contributed by atoms with van der Waals surface area (Å²) in [6, 6.07) is 15.2. The topological polar surface area (TPSA) is 83.2 Å². The molecule has 0 radical (unpaired) electrons. The van der Waals surface area contributed by atoms with Gasteiger partial charge in [0.25, 0.3) is 5.91 Å². The van der Waals surface area contributed by atoms with Gasteiger partial charge in [0, 0.05) is 44.0 Å². The van der Waals surface area contributed by atoms with E-state index in [0.29, 0.717) is 42.3 Å². The summed E-state index contributed by atoms with van der Waals surface area (Å²) in [6.45, 7) is 2.71. The van der Waals surface area contributed by atoms with Crippen LogP contribution in [0, 0.1) is 11.3 Å². The number of nitrogens with one attached hydrogen (secondary N) is 1. The van der Waals surface area contributed by atoms with Crippen molar-refractivity contribution in [2.75, 3.05) is 13.1 Å². The van der Waals surface area contributed by atoms with Crippen molar-refractivity contribution in [2.24, 2.45) is 0 Å². The van der Waals surface area contributed by atoms with Crippen molar-refractivity contribution in [3.63, 3.8) is 0 Å². The molecule has 0 saturated carbocycles. The fraction of sp³-hybridized carbons (Fsp3) is 0.261. The van der Waals surface area contributed by atoms with Crippen LogP contribution in [-0.2, 0) is 13.1 Å². The number of fused-ring (bicyclic) bond motifs is 7. The second-order valence-corrected chi connectivity index (χ2v) is 7.70. The van der Waals surface area contributed by atoms with Crippen LogP contribution in [0.1, 0.15) is 33.6 Å². The number of hydrogen-bond acceptors (Lipinski definition) is 5. The number of carbonyl (C=O) groups is 1. The first-order chi connectivity index (χ1) is 14.7. The van der Waals surface area contributed by atoms with Gasteiger partial charge in [-0.05, 0) is 42.3 Å². The Hall–Kier alpha value is -3.63. The molecule has 2 aliphatic rings. The van der Waals surface area contributed by atoms with E-state index in [1.165, 1.54) is 0 Å². The molecule has 3 aromatic rings. The van der Waals surface area contributed by atoms with Crippen LogP contribution in [0.5, 0.6) is 11.5 Å². The summed E-state index contributed by atoms with van der Waals surface area (Å²) < 4.78 is 8.13. The highest BCUT2D eigenvalue weighted by atomic mass is 16.5. The number of imidazole rings is 1. The third-order valence-corrected chi connectivity index (χ3v) is 5.67. The molecule has 5 rings (SSSR count). The molecule has 2 aliphatic heterocycles. The third-order valence-electron chi connectivity index (χ3n) is 5.67. The highest BCUT2D eigenvalue weighted by molar-refractivity contribution is 5.94. The summed E-state index contributed by atoms with van der Waals surface area (Å²) in [5.74, 6) is 1.02. The summed E-state index contributed by atoms with van der Waals surface area (Å²) in [4.78, 5) is 19.2. The second-order valence-electron chi connectivity index (χ2n) is 7.70. The van der Waals surface area contributed by atoms with Crippen molar-refractivity contribution in [2.45, 2.75) is 25.6 Å². The molecule has 1 fully saturated rings. The normalized spacial score (nSPS) is 18.4. The van der Waals surface area contributed by atoms with Gasteiger partial charge < -0.3 is 19.5 Å². The van der Waals surface area contributed by atoms with E-state index in [9.17, 15) is 10.1 Å². The van der Waals surface area contributed by atoms with E-state index in [1.54, 1.807) is 24.3 Å². The van der Waals surface area contributed by atoms with Gasteiger partial charge in [-0.1, -0.05) is 12.1 Å². The van der Waals surface area contributed by atoms with E-state index >= 15 is 0 Å². The largest absolute Gasteiger partial charge is 0.456 e. The molecule has 150 valence electrons. The molecule has 0 aliphatic carbocycles. The number of benzene rings is 2. The minimum atomic E-state index is -0.00357. The van der Waals surface area contributed by atoms with Crippen molar-refractivity contribution in [1.29, 1.82) is 5.26 Å². The van der Waals surface area contributed by atoms with Crippen LogP contribution in [0.4, 0.5) is 0 Å². The number of hydrogen-bond donors (Lipinski definition) is 1. The molecular weight excluding hydrogens is 378 g/mol. The van der Waals surface area contributed by atoms with Gasteiger partial charge in [0.1, 0.15) is 17.6 Å². The average Bonchev–Trinajstić information content (AvgIpc) is 3.41. The maximum atomic E-state index is 13.0. The zero-order valence-electron chi connectivity index (χ0n) is 16.4. The lowest BCUT2D eigenvalue weighted by Gasteiger charge is -2.19. The van der Waals surface area contributed by atoms with Gasteiger partial charge in [0.15, 0.2) is 0 Å². The third kappa shape index (κ3) is 3.53. The van der Waals surface area contributed by atoms with E-state index in [1.807, 2.05) is 35.6 Å². The Bertz CT molecular complexity index is 1150. The van der Waals surface area contributed by atoms with Crippen molar-refractivity contribution in [3.8, 4) is 17.6 Å². The molecule has 1 aromatic heterocycles. The van der Waals surface area contributed by atoms with Gasteiger partial charge in [-0.25, -0.2) is 4.98 Å². The van der Waals surface area contributed by atoms with Gasteiger partial charge >= 0.3 is 0 Å². The Kier molecular flexibility index (Phi) is 4.69. The molecule has 0 unspecified atom stereocenters. The highest BCUT2D eigenvalue weighted by Crippen LogP contribution is 2.28. The number of ether oxygens (including phenoxy) is 1. The highest BCUT2D eigenvalue weighted by Gasteiger charge is 2.27. The maximum absolute atomic E-state index is 13.0. The SMILES string of the molecule is N#Cc1ccc2cc1Oc1cccc(c1)C(=O)N1CC[C@H](C1)NCc1cncn1C2. The first-order valence-corrected chi connectivity index (χ1v) is 10.0. The lowest BCUT2D eigenvalue weighted by Crippen LogP contribution is -2.35. The van der Waals surface area contributed by atoms with E-state index in [0.717, 1.165) is 24.2 Å². The van der Waals surface area contributed by atoms with Gasteiger partial charge in [0.2, 0.25) is 0 Å². The van der Waals surface area contributed by atoms with E-state index in [4.69, 9.17) is 4.74 Å². The molecular formula is C23H21N5O2. The van der Waals surface area contributed by atoms with Crippen LogP contribution < -0.4 is 10.1 Å². The Morgan fingerprint density at radius 2 is 2.17 bits per heavy atom. The lowest BCUT2D eigenvalue weighted by atomic mass is 10.1. The molecule has 1 amide bonds. The molecule has 2 aromatic carbocycles. The van der Waals surface area contributed by atoms with Gasteiger partial charge in [-0.3, -0.25) is 4.79 Å². The quantitative estimate of drug-likeness (QED) is 0.628. The summed E-state index contributed by atoms with van der Waals surface area (Å²) in [5, 5.41) is 13.1. The van der Waals surface area contributed by atoms with Crippen molar-refractivity contribution in [1.82, 2.24) is 19.8 Å². The van der Waals surface area contributed by atoms with E-state index < -0.39 is 0 Å². The number of nitriles is 1. The van der Waals surface area contributed by atoms with Crippen LogP contribution in [0.3, 0.4) is 0 Å². The number of nitrogens with zero attached hydrogens (tertiary/aromatic N) is 4. The van der Waals surface area contributed by atoms with Crippen LogP contribution in [0.2, 0.25) is 0 Å². The number of amides is 1. The van der Waals surface area contributed by atoms with Crippen molar-refractivity contribution >= 4 is 5.91 Å². The van der Waals surface area contributed by atoms with Crippen LogP contribution in [0.25, 0.3) is 0 Å². The summed E-state index contributed by atoms with van der Waals surface area (Å²) in [7, 11) is 0. The monoisotopic (exact) mass is 399 g/mol. The Labute approximate surface area is 174 Å². The first kappa shape index (κ1) is 18.4. The zero-order chi connectivity index (χ0) is 20.5. The Morgan fingerprint density at radius 1 is 1.23 bits per heavy atom. The first-order valence-electron chi connectivity index (χ1n) is 10.0. The van der Waals surface area contributed by atoms with Crippen LogP contribution >= 0.6 is 0 Å². The van der Waals surface area contributed by atoms with Crippen molar-refractivity contribution < 1.29 is 9.53 Å². The van der Waals surface area contributed by atoms with Gasteiger partial charge in [-0.2, -0.15) is 5.26 Å². The molecule has 3 heterocycles. The molecule has 6 bridgehead atoms. The van der Waals surface area contributed by atoms with Gasteiger partial charge in [-0.15, -0.1) is 0 Å². The Morgan fingerprint density at radius 3 is 3.07 bits per heavy atom. The second kappa shape index (κ2) is 7.65. The molecule has 30 heavy (non-hydrogen) atoms. The zero-order valence-corrected chi connectivity index (χ0v) is 16.4. The number of carbonyl (C=O) groups excluding carboxylic acids is 1. The fourth-order valence-electron chi connectivity index (χ4n) is 4.04. The smallest absolute Gasteiger partial charge is 0.254 e. The number of rotatable bonds is 0.